The molecule has 0 aliphatic carbocycles. The van der Waals surface area contributed by atoms with E-state index in [4.69, 9.17) is 30.9 Å². The summed E-state index contributed by atoms with van der Waals surface area (Å²) >= 11 is 0. The van der Waals surface area contributed by atoms with E-state index in [9.17, 15) is 18.6 Å². The van der Waals surface area contributed by atoms with Gasteiger partial charge in [-0.1, -0.05) is 0 Å². The normalized spacial score (nSPS) is 26.5. The van der Waals surface area contributed by atoms with Crippen molar-refractivity contribution in [3.05, 3.63) is 12.7 Å². The summed E-state index contributed by atoms with van der Waals surface area (Å²) < 4.78 is 52.8. The van der Waals surface area contributed by atoms with Crippen LogP contribution in [0.3, 0.4) is 0 Å². The Morgan fingerprint density at radius 3 is 2.50 bits per heavy atom. The molecule has 3 rings (SSSR count). The molecule has 30 heavy (non-hydrogen) atoms. The van der Waals surface area contributed by atoms with Crippen molar-refractivity contribution >= 4 is 40.4 Å². The summed E-state index contributed by atoms with van der Waals surface area (Å²) in [6.45, 7) is -0.662. The summed E-state index contributed by atoms with van der Waals surface area (Å²) in [7, 11) is -16.4. The zero-order valence-corrected chi connectivity index (χ0v) is 17.4. The molecular formula is C10H17N6O11P3. The second kappa shape index (κ2) is 8.31. The lowest BCUT2D eigenvalue weighted by Gasteiger charge is -2.19. The van der Waals surface area contributed by atoms with E-state index in [1.54, 1.807) is 0 Å². The van der Waals surface area contributed by atoms with E-state index in [-0.39, 0.29) is 12.2 Å². The first-order valence-corrected chi connectivity index (χ1v) is 12.4. The van der Waals surface area contributed by atoms with Crippen molar-refractivity contribution in [1.29, 1.82) is 0 Å². The highest BCUT2D eigenvalue weighted by Gasteiger charge is 2.42. The topological polar surface area (TPSA) is 265 Å². The van der Waals surface area contributed by atoms with Gasteiger partial charge in [-0.2, -0.15) is 8.62 Å². The third kappa shape index (κ3) is 5.68. The number of anilines is 1. The maximum absolute atomic E-state index is 11.8. The first-order chi connectivity index (χ1) is 13.8. The molecule has 0 spiro atoms. The Morgan fingerprint density at radius 1 is 1.13 bits per heavy atom. The minimum atomic E-state index is -5.61. The number of nitrogens with two attached hydrogens (primary N) is 2. The van der Waals surface area contributed by atoms with Gasteiger partial charge in [-0.3, -0.25) is 9.09 Å². The third-order valence-electron chi connectivity index (χ3n) is 3.80. The SMILES string of the molecule is Nc1ncnc2c1ncn2[C@H]1C[C@@H](N)C(COP(=O)(O)OP(=O)(O)OP(=O)(O)O)O1. The first kappa shape index (κ1) is 23.3. The monoisotopic (exact) mass is 490 g/mol. The van der Waals surface area contributed by atoms with E-state index >= 15 is 0 Å². The van der Waals surface area contributed by atoms with Gasteiger partial charge >= 0.3 is 23.5 Å². The standard InChI is InChI=1S/C10H17N6O11P3/c11-5-1-7(16-4-15-8-9(12)13-3-14-10(8)16)25-6(5)2-24-29(20,21)27-30(22,23)26-28(17,18)19/h3-7H,1-2,11H2,(H,20,21)(H,22,23)(H2,12,13,14)(H2,17,18,19)/t5-,6?,7-/m1/s1. The lowest BCUT2D eigenvalue weighted by atomic mass is 10.1. The summed E-state index contributed by atoms with van der Waals surface area (Å²) in [5, 5.41) is 0. The molecule has 0 aromatic carbocycles. The number of aromatic nitrogens is 4. The highest BCUT2D eigenvalue weighted by molar-refractivity contribution is 7.66. The molecule has 1 fully saturated rings. The molecule has 0 radical (unpaired) electrons. The summed E-state index contributed by atoms with van der Waals surface area (Å²) in [4.78, 5) is 47.6. The van der Waals surface area contributed by atoms with E-state index in [2.05, 4.69) is 28.1 Å². The first-order valence-electron chi connectivity index (χ1n) is 7.89. The van der Waals surface area contributed by atoms with E-state index in [0.29, 0.717) is 11.2 Å². The Bertz CT molecular complexity index is 1070. The fraction of sp³-hybridized carbons (Fsp3) is 0.500. The lowest BCUT2D eigenvalue weighted by molar-refractivity contribution is -0.0230. The van der Waals surface area contributed by atoms with Crippen LogP contribution in [0.2, 0.25) is 0 Å². The van der Waals surface area contributed by atoms with Gasteiger partial charge in [-0.25, -0.2) is 28.6 Å². The van der Waals surface area contributed by atoms with Crippen LogP contribution in [0, 0.1) is 0 Å². The predicted molar refractivity (Wildman–Crippen MR) is 96.1 cm³/mol. The van der Waals surface area contributed by atoms with Crippen molar-refractivity contribution in [3.63, 3.8) is 0 Å². The van der Waals surface area contributed by atoms with E-state index in [0.717, 1.165) is 0 Å². The molecule has 0 amide bonds. The number of phosphoric ester groups is 1. The Balaban J connectivity index is 1.64. The Morgan fingerprint density at radius 2 is 1.83 bits per heavy atom. The van der Waals surface area contributed by atoms with Crippen LogP contribution in [-0.4, -0.2) is 57.8 Å². The van der Waals surface area contributed by atoms with Crippen molar-refractivity contribution < 1.29 is 51.2 Å². The zero-order chi connectivity index (χ0) is 22.3. The number of nitrogens with zero attached hydrogens (tertiary/aromatic N) is 4. The van der Waals surface area contributed by atoms with E-state index < -0.39 is 48.4 Å². The van der Waals surface area contributed by atoms with Gasteiger partial charge < -0.3 is 35.8 Å². The summed E-state index contributed by atoms with van der Waals surface area (Å²) in [6.07, 6.45) is 1.21. The number of rotatable bonds is 8. The lowest BCUT2D eigenvalue weighted by Crippen LogP contribution is -2.33. The van der Waals surface area contributed by atoms with Crippen LogP contribution in [0.25, 0.3) is 11.2 Å². The molecule has 2 aromatic rings. The molecule has 17 nitrogen and oxygen atoms in total. The molecule has 0 saturated carbocycles. The zero-order valence-electron chi connectivity index (χ0n) is 14.7. The Labute approximate surface area is 167 Å². The van der Waals surface area contributed by atoms with Gasteiger partial charge in [0.25, 0.3) is 0 Å². The molecule has 8 N–H and O–H groups in total. The van der Waals surface area contributed by atoms with Crippen LogP contribution < -0.4 is 11.5 Å². The predicted octanol–water partition coefficient (Wildman–Crippen LogP) is -0.633. The van der Waals surface area contributed by atoms with Gasteiger partial charge in [-0.15, -0.1) is 0 Å². The van der Waals surface area contributed by atoms with Crippen molar-refractivity contribution in [3.8, 4) is 0 Å². The second-order valence-corrected chi connectivity index (χ2v) is 10.4. The maximum atomic E-state index is 11.8. The molecule has 1 aliphatic heterocycles. The minimum Gasteiger partial charge on any atom is -0.382 e. The van der Waals surface area contributed by atoms with Gasteiger partial charge in [0.2, 0.25) is 0 Å². The van der Waals surface area contributed by atoms with Crippen molar-refractivity contribution in [2.75, 3.05) is 12.3 Å². The van der Waals surface area contributed by atoms with Gasteiger partial charge in [0, 0.05) is 12.5 Å². The molecule has 1 saturated heterocycles. The number of nitrogen functional groups attached to an aromatic ring is 1. The summed E-state index contributed by atoms with van der Waals surface area (Å²) in [6, 6.07) is -0.695. The van der Waals surface area contributed by atoms with Crippen molar-refractivity contribution in [1.82, 2.24) is 19.5 Å². The molecule has 1 aliphatic rings. The second-order valence-electron chi connectivity index (χ2n) is 6.00. The third-order valence-corrected chi connectivity index (χ3v) is 7.60. The molecule has 5 atom stereocenters. The number of hydrogen-bond donors (Lipinski definition) is 6. The van der Waals surface area contributed by atoms with Crippen LogP contribution in [0.4, 0.5) is 5.82 Å². The van der Waals surface area contributed by atoms with Crippen LogP contribution in [0.1, 0.15) is 12.6 Å². The molecule has 2 aromatic heterocycles. The average molecular weight is 490 g/mol. The summed E-state index contributed by atoms with van der Waals surface area (Å²) in [5.74, 6) is 0.158. The Kier molecular flexibility index (Phi) is 6.47. The average Bonchev–Trinajstić information content (AvgIpc) is 3.14. The minimum absolute atomic E-state index is 0.158. The maximum Gasteiger partial charge on any atom is 0.490 e. The van der Waals surface area contributed by atoms with Crippen LogP contribution in [-0.2, 0) is 31.6 Å². The Hall–Kier alpha value is -1.32. The summed E-state index contributed by atoms with van der Waals surface area (Å²) in [5.41, 5.74) is 12.4. The molecule has 20 heteroatoms. The largest absolute Gasteiger partial charge is 0.490 e. The van der Waals surface area contributed by atoms with Crippen LogP contribution in [0.5, 0.6) is 0 Å². The smallest absolute Gasteiger partial charge is 0.382 e. The number of hydrogen-bond acceptors (Lipinski definition) is 12. The highest BCUT2D eigenvalue weighted by Crippen LogP contribution is 2.66. The van der Waals surface area contributed by atoms with Gasteiger partial charge in [0.1, 0.15) is 18.1 Å². The van der Waals surface area contributed by atoms with Crippen LogP contribution in [0.15, 0.2) is 12.7 Å². The highest BCUT2D eigenvalue weighted by atomic mass is 31.3. The van der Waals surface area contributed by atoms with E-state index in [1.165, 1.54) is 17.2 Å². The molecule has 0 bridgehead atoms. The number of fused-ring (bicyclic) bond motifs is 1. The van der Waals surface area contributed by atoms with Crippen molar-refractivity contribution in [2.45, 2.75) is 24.8 Å². The fourth-order valence-electron chi connectivity index (χ4n) is 2.64. The van der Waals surface area contributed by atoms with Crippen LogP contribution >= 0.6 is 23.5 Å². The number of ether oxygens (including phenoxy) is 1. The van der Waals surface area contributed by atoms with Gasteiger partial charge in [0.05, 0.1) is 19.0 Å². The fourth-order valence-corrected chi connectivity index (χ4v) is 5.67. The van der Waals surface area contributed by atoms with E-state index in [1.807, 2.05) is 0 Å². The van der Waals surface area contributed by atoms with Gasteiger partial charge in [-0.05, 0) is 0 Å². The van der Waals surface area contributed by atoms with Crippen molar-refractivity contribution in [2.24, 2.45) is 5.73 Å². The number of phosphoric acid groups is 3. The molecule has 168 valence electrons. The van der Waals surface area contributed by atoms with Gasteiger partial charge in [0.15, 0.2) is 11.5 Å². The molecule has 3 heterocycles. The molecule has 3 unspecified atom stereocenters. The quantitative estimate of drug-likeness (QED) is 0.251. The number of imidazole rings is 1. The molecular weight excluding hydrogens is 473 g/mol.